The van der Waals surface area contributed by atoms with Crippen LogP contribution in [0.15, 0.2) is 48.5 Å². The first-order valence-electron chi connectivity index (χ1n) is 9.50. The van der Waals surface area contributed by atoms with E-state index in [1.54, 1.807) is 36.4 Å². The van der Waals surface area contributed by atoms with Gasteiger partial charge in [0.1, 0.15) is 5.75 Å². The molecule has 27 heavy (non-hydrogen) atoms. The molecule has 1 aliphatic rings. The predicted molar refractivity (Wildman–Crippen MR) is 106 cm³/mol. The molecule has 0 bridgehead atoms. The minimum atomic E-state index is -0.235. The first kappa shape index (κ1) is 19.0. The molecule has 0 spiro atoms. The maximum atomic E-state index is 12.7. The number of nitrogens with zero attached hydrogens (tertiary/aromatic N) is 1. The minimum absolute atomic E-state index is 0.00221. The van der Waals surface area contributed by atoms with Crippen molar-refractivity contribution in [1.29, 1.82) is 0 Å². The van der Waals surface area contributed by atoms with Crippen LogP contribution in [-0.4, -0.2) is 36.4 Å². The molecule has 2 aromatic carbocycles. The number of amides is 2. The number of anilines is 1. The van der Waals surface area contributed by atoms with Crippen molar-refractivity contribution in [1.82, 2.24) is 4.90 Å². The van der Waals surface area contributed by atoms with Crippen molar-refractivity contribution in [2.45, 2.75) is 26.7 Å². The number of likely N-dealkylation sites (tertiary alicyclic amines) is 1. The Morgan fingerprint density at radius 2 is 1.74 bits per heavy atom. The highest BCUT2D eigenvalue weighted by molar-refractivity contribution is 6.06. The van der Waals surface area contributed by atoms with Gasteiger partial charge in [0.25, 0.3) is 11.8 Å². The third-order valence-electron chi connectivity index (χ3n) is 4.87. The van der Waals surface area contributed by atoms with Gasteiger partial charge in [-0.2, -0.15) is 0 Å². The van der Waals surface area contributed by atoms with Crippen molar-refractivity contribution in [3.63, 3.8) is 0 Å². The maximum Gasteiger partial charge on any atom is 0.255 e. The first-order valence-corrected chi connectivity index (χ1v) is 9.50. The SMILES string of the molecule is CCOc1ccc(NC(=O)c2cccc(C(=O)N3CCC(C)CC3)c2)cc1. The second kappa shape index (κ2) is 8.71. The van der Waals surface area contributed by atoms with Crippen LogP contribution in [0.3, 0.4) is 0 Å². The fourth-order valence-electron chi connectivity index (χ4n) is 3.19. The first-order chi connectivity index (χ1) is 13.1. The molecule has 0 radical (unpaired) electrons. The lowest BCUT2D eigenvalue weighted by atomic mass is 9.98. The number of hydrogen-bond acceptors (Lipinski definition) is 3. The van der Waals surface area contributed by atoms with Gasteiger partial charge in [-0.15, -0.1) is 0 Å². The molecule has 5 heteroatoms. The lowest BCUT2D eigenvalue weighted by Crippen LogP contribution is -2.38. The normalized spacial score (nSPS) is 14.7. The van der Waals surface area contributed by atoms with E-state index in [-0.39, 0.29) is 11.8 Å². The van der Waals surface area contributed by atoms with E-state index in [4.69, 9.17) is 4.74 Å². The van der Waals surface area contributed by atoms with Gasteiger partial charge in [0.2, 0.25) is 0 Å². The molecule has 0 saturated carbocycles. The van der Waals surface area contributed by atoms with Gasteiger partial charge < -0.3 is 15.0 Å². The quantitative estimate of drug-likeness (QED) is 0.862. The number of nitrogens with one attached hydrogen (secondary N) is 1. The van der Waals surface area contributed by atoms with Crippen LogP contribution in [0.5, 0.6) is 5.75 Å². The van der Waals surface area contributed by atoms with Crippen LogP contribution >= 0.6 is 0 Å². The van der Waals surface area contributed by atoms with Crippen LogP contribution in [0.2, 0.25) is 0 Å². The largest absolute Gasteiger partial charge is 0.494 e. The Labute approximate surface area is 160 Å². The molecule has 1 heterocycles. The van der Waals surface area contributed by atoms with Crippen molar-refractivity contribution in [3.05, 3.63) is 59.7 Å². The lowest BCUT2D eigenvalue weighted by Gasteiger charge is -2.30. The Bertz CT molecular complexity index is 793. The summed E-state index contributed by atoms with van der Waals surface area (Å²) in [6, 6.07) is 14.1. The summed E-state index contributed by atoms with van der Waals surface area (Å²) in [6.07, 6.45) is 2.06. The number of rotatable bonds is 5. The van der Waals surface area contributed by atoms with Crippen LogP contribution in [-0.2, 0) is 0 Å². The second-order valence-electron chi connectivity index (χ2n) is 6.97. The summed E-state index contributed by atoms with van der Waals surface area (Å²) in [5, 5.41) is 2.86. The fourth-order valence-corrected chi connectivity index (χ4v) is 3.19. The van der Waals surface area contributed by atoms with Crippen LogP contribution in [0.4, 0.5) is 5.69 Å². The van der Waals surface area contributed by atoms with Crippen molar-refractivity contribution >= 4 is 17.5 Å². The van der Waals surface area contributed by atoms with Gasteiger partial charge >= 0.3 is 0 Å². The van der Waals surface area contributed by atoms with E-state index in [1.165, 1.54) is 0 Å². The summed E-state index contributed by atoms with van der Waals surface area (Å²) >= 11 is 0. The van der Waals surface area contributed by atoms with Crippen LogP contribution in [0.1, 0.15) is 47.4 Å². The summed E-state index contributed by atoms with van der Waals surface area (Å²) in [7, 11) is 0. The molecule has 0 aliphatic carbocycles. The van der Waals surface area contributed by atoms with E-state index >= 15 is 0 Å². The Balaban J connectivity index is 1.67. The van der Waals surface area contributed by atoms with E-state index in [0.29, 0.717) is 29.3 Å². The molecule has 1 saturated heterocycles. The highest BCUT2D eigenvalue weighted by atomic mass is 16.5. The molecule has 0 aromatic heterocycles. The van der Waals surface area contributed by atoms with E-state index < -0.39 is 0 Å². The molecular weight excluding hydrogens is 340 g/mol. The summed E-state index contributed by atoms with van der Waals surface area (Å²) in [4.78, 5) is 27.1. The Hall–Kier alpha value is -2.82. The maximum absolute atomic E-state index is 12.7. The highest BCUT2D eigenvalue weighted by Crippen LogP contribution is 2.20. The third kappa shape index (κ3) is 4.88. The lowest BCUT2D eigenvalue weighted by molar-refractivity contribution is 0.0697. The minimum Gasteiger partial charge on any atom is -0.494 e. The van der Waals surface area contributed by atoms with Crippen molar-refractivity contribution < 1.29 is 14.3 Å². The number of hydrogen-bond donors (Lipinski definition) is 1. The van der Waals surface area contributed by atoms with Gasteiger partial charge in [0.15, 0.2) is 0 Å². The molecule has 0 unspecified atom stereocenters. The molecule has 2 amide bonds. The van der Waals surface area contributed by atoms with Crippen molar-refractivity contribution in [3.8, 4) is 5.75 Å². The van der Waals surface area contributed by atoms with E-state index in [2.05, 4.69) is 12.2 Å². The Kier molecular flexibility index (Phi) is 6.12. The van der Waals surface area contributed by atoms with Crippen molar-refractivity contribution in [2.24, 2.45) is 5.92 Å². The molecule has 1 N–H and O–H groups in total. The second-order valence-corrected chi connectivity index (χ2v) is 6.97. The molecule has 142 valence electrons. The Morgan fingerprint density at radius 3 is 2.41 bits per heavy atom. The Morgan fingerprint density at radius 1 is 1.07 bits per heavy atom. The smallest absolute Gasteiger partial charge is 0.255 e. The summed E-state index contributed by atoms with van der Waals surface area (Å²) < 4.78 is 5.40. The molecule has 1 fully saturated rings. The number of carbonyl (C=O) groups excluding carboxylic acids is 2. The molecule has 5 nitrogen and oxygen atoms in total. The van der Waals surface area contributed by atoms with Crippen molar-refractivity contribution in [2.75, 3.05) is 25.0 Å². The summed E-state index contributed by atoms with van der Waals surface area (Å²) in [5.41, 5.74) is 1.72. The van der Waals surface area contributed by atoms with Crippen LogP contribution in [0, 0.1) is 5.92 Å². The third-order valence-corrected chi connectivity index (χ3v) is 4.87. The van der Waals surface area contributed by atoms with Gasteiger partial charge in [-0.05, 0) is 68.1 Å². The topological polar surface area (TPSA) is 58.6 Å². The van der Waals surface area contributed by atoms with Gasteiger partial charge in [0, 0.05) is 29.9 Å². The summed E-state index contributed by atoms with van der Waals surface area (Å²) in [5.74, 6) is 1.19. The number of carbonyl (C=O) groups is 2. The highest BCUT2D eigenvalue weighted by Gasteiger charge is 2.22. The molecular formula is C22H26N2O3. The van der Waals surface area contributed by atoms with Gasteiger partial charge in [0.05, 0.1) is 6.61 Å². The molecule has 3 rings (SSSR count). The van der Waals surface area contributed by atoms with Gasteiger partial charge in [-0.25, -0.2) is 0 Å². The number of ether oxygens (including phenoxy) is 1. The zero-order chi connectivity index (χ0) is 19.2. The van der Waals surface area contributed by atoms with E-state index in [9.17, 15) is 9.59 Å². The van der Waals surface area contributed by atoms with E-state index in [1.807, 2.05) is 24.0 Å². The van der Waals surface area contributed by atoms with Crippen LogP contribution < -0.4 is 10.1 Å². The zero-order valence-electron chi connectivity index (χ0n) is 15.9. The average Bonchev–Trinajstić information content (AvgIpc) is 2.70. The predicted octanol–water partition coefficient (Wildman–Crippen LogP) is 4.21. The average molecular weight is 366 g/mol. The number of piperidine rings is 1. The standard InChI is InChI=1S/C22H26N2O3/c1-3-27-20-9-7-19(8-10-20)23-21(25)17-5-4-6-18(15-17)22(26)24-13-11-16(2)12-14-24/h4-10,15-16H,3,11-14H2,1-2H3,(H,23,25). The molecule has 0 atom stereocenters. The summed E-state index contributed by atoms with van der Waals surface area (Å²) in [6.45, 7) is 6.30. The van der Waals surface area contributed by atoms with Gasteiger partial charge in [-0.3, -0.25) is 9.59 Å². The fraction of sp³-hybridized carbons (Fsp3) is 0.364. The molecule has 2 aromatic rings. The van der Waals surface area contributed by atoms with Crippen LogP contribution in [0.25, 0.3) is 0 Å². The van der Waals surface area contributed by atoms with Gasteiger partial charge in [-0.1, -0.05) is 13.0 Å². The molecule has 1 aliphatic heterocycles. The zero-order valence-corrected chi connectivity index (χ0v) is 15.9. The number of benzene rings is 2. The monoisotopic (exact) mass is 366 g/mol. The van der Waals surface area contributed by atoms with E-state index in [0.717, 1.165) is 31.7 Å².